The Morgan fingerprint density at radius 1 is 0.949 bits per heavy atom. The molecule has 9 nitrogen and oxygen atoms in total. The molecule has 11 heteroatoms. The Morgan fingerprint density at radius 3 is 2.31 bits per heavy atom. The maximum absolute atomic E-state index is 13.7. The summed E-state index contributed by atoms with van der Waals surface area (Å²) in [5.74, 6) is 0.744. The van der Waals surface area contributed by atoms with Crippen molar-refractivity contribution in [1.29, 1.82) is 0 Å². The minimum Gasteiger partial charge on any atom is -0.497 e. The van der Waals surface area contributed by atoms with Crippen LogP contribution < -0.4 is 4.74 Å². The van der Waals surface area contributed by atoms with Gasteiger partial charge in [-0.25, -0.2) is 12.4 Å². The number of benzene rings is 3. The summed E-state index contributed by atoms with van der Waals surface area (Å²) >= 11 is 1.24. The van der Waals surface area contributed by atoms with E-state index in [0.717, 1.165) is 5.69 Å². The van der Waals surface area contributed by atoms with E-state index in [1.807, 2.05) is 47.9 Å². The van der Waals surface area contributed by atoms with Gasteiger partial charge in [-0.15, -0.1) is 10.2 Å². The van der Waals surface area contributed by atoms with Gasteiger partial charge in [0.2, 0.25) is 0 Å². The molecule has 0 aliphatic rings. The fraction of sp³-hybridized carbons (Fsp3) is 0.179. The number of carbonyl (C=O) groups is 1. The van der Waals surface area contributed by atoms with Gasteiger partial charge in [-0.05, 0) is 48.9 Å². The Bertz CT molecular complexity index is 1730. The third-order valence-corrected chi connectivity index (χ3v) is 9.24. The number of para-hydroxylation sites is 1. The van der Waals surface area contributed by atoms with Crippen molar-refractivity contribution in [3.8, 4) is 22.8 Å². The molecule has 0 spiro atoms. The molecule has 5 aromatic rings. The first-order chi connectivity index (χ1) is 18.9. The molecule has 3 aromatic carbocycles. The number of carbonyl (C=O) groups excluding carboxylic acids is 1. The monoisotopic (exact) mass is 562 g/mol. The van der Waals surface area contributed by atoms with Crippen LogP contribution in [0.3, 0.4) is 0 Å². The lowest BCUT2D eigenvalue weighted by atomic mass is 10.1. The summed E-state index contributed by atoms with van der Waals surface area (Å²) in [5, 5.41) is 9.59. The molecule has 0 N–H and O–H groups in total. The highest BCUT2D eigenvalue weighted by atomic mass is 32.2. The first-order valence-corrected chi connectivity index (χ1v) is 14.5. The molecular formula is C28H26N4O5S2. The van der Waals surface area contributed by atoms with Crippen LogP contribution in [0.1, 0.15) is 13.3 Å². The Kier molecular flexibility index (Phi) is 7.45. The van der Waals surface area contributed by atoms with E-state index < -0.39 is 15.3 Å². The number of aromatic nitrogens is 4. The van der Waals surface area contributed by atoms with E-state index in [0.29, 0.717) is 39.6 Å². The molecule has 0 saturated carbocycles. The molecule has 0 bridgehead atoms. The number of thioether (sulfide) groups is 1. The number of fused-ring (bicyclic) bond motifs is 1. The smallest absolute Gasteiger partial charge is 0.319 e. The molecule has 0 radical (unpaired) electrons. The van der Waals surface area contributed by atoms with Crippen LogP contribution in [0.15, 0.2) is 95.1 Å². The van der Waals surface area contributed by atoms with Crippen molar-refractivity contribution in [3.05, 3.63) is 85.1 Å². The summed E-state index contributed by atoms with van der Waals surface area (Å²) in [7, 11) is -0.951. The standard InChI is InChI=1S/C28H26N4O5S2/c1-4-25(27(33)37-3)38-28-30-29-26(32(28)19-14-16-20(36-2)17-15-19)23-18-31(24-13-9-8-12-22(23)24)39(34,35)21-10-6-5-7-11-21/h5-18,25H,4H2,1-3H3. The van der Waals surface area contributed by atoms with Crippen molar-refractivity contribution in [3.63, 3.8) is 0 Å². The van der Waals surface area contributed by atoms with Gasteiger partial charge < -0.3 is 9.47 Å². The van der Waals surface area contributed by atoms with Crippen molar-refractivity contribution in [1.82, 2.24) is 18.7 Å². The number of methoxy groups -OCH3 is 2. The molecule has 200 valence electrons. The van der Waals surface area contributed by atoms with Crippen LogP contribution in [0.25, 0.3) is 28.0 Å². The van der Waals surface area contributed by atoms with Gasteiger partial charge in [0.1, 0.15) is 11.0 Å². The van der Waals surface area contributed by atoms with E-state index in [1.54, 1.807) is 55.8 Å². The Labute approximate surface area is 230 Å². The number of ether oxygens (including phenoxy) is 2. The quantitative estimate of drug-likeness (QED) is 0.179. The Balaban J connectivity index is 1.73. The maximum Gasteiger partial charge on any atom is 0.319 e. The predicted molar refractivity (Wildman–Crippen MR) is 150 cm³/mol. The van der Waals surface area contributed by atoms with Crippen LogP contribution in [-0.2, 0) is 19.6 Å². The minimum absolute atomic E-state index is 0.175. The van der Waals surface area contributed by atoms with Crippen molar-refractivity contribution in [2.24, 2.45) is 0 Å². The summed E-state index contributed by atoms with van der Waals surface area (Å²) in [6, 6.07) is 22.9. The molecule has 0 saturated heterocycles. The summed E-state index contributed by atoms with van der Waals surface area (Å²) < 4.78 is 40.7. The molecule has 5 rings (SSSR count). The summed E-state index contributed by atoms with van der Waals surface area (Å²) in [6.45, 7) is 1.89. The van der Waals surface area contributed by atoms with Gasteiger partial charge in [0, 0.05) is 22.8 Å². The number of hydrogen-bond donors (Lipinski definition) is 0. The molecule has 0 amide bonds. The first kappa shape index (κ1) is 26.5. The summed E-state index contributed by atoms with van der Waals surface area (Å²) in [4.78, 5) is 12.6. The van der Waals surface area contributed by atoms with E-state index in [2.05, 4.69) is 10.2 Å². The third-order valence-electron chi connectivity index (χ3n) is 6.27. The number of nitrogens with zero attached hydrogens (tertiary/aromatic N) is 4. The second kappa shape index (κ2) is 11.0. The lowest BCUT2D eigenvalue weighted by Gasteiger charge is -2.14. The van der Waals surface area contributed by atoms with Gasteiger partial charge in [0.05, 0.1) is 24.6 Å². The maximum atomic E-state index is 13.7. The largest absolute Gasteiger partial charge is 0.497 e. The van der Waals surface area contributed by atoms with Crippen LogP contribution in [0.2, 0.25) is 0 Å². The van der Waals surface area contributed by atoms with E-state index in [-0.39, 0.29) is 10.9 Å². The fourth-order valence-electron chi connectivity index (χ4n) is 4.27. The summed E-state index contributed by atoms with van der Waals surface area (Å²) in [5.41, 5.74) is 1.81. The van der Waals surface area contributed by atoms with Crippen molar-refractivity contribution < 1.29 is 22.7 Å². The molecule has 1 atom stereocenters. The van der Waals surface area contributed by atoms with Gasteiger partial charge >= 0.3 is 5.97 Å². The van der Waals surface area contributed by atoms with Gasteiger partial charge in [-0.2, -0.15) is 0 Å². The average Bonchev–Trinajstić information content (AvgIpc) is 3.58. The fourth-order valence-corrected chi connectivity index (χ4v) is 6.66. The molecule has 0 fully saturated rings. The normalized spacial score (nSPS) is 12.4. The van der Waals surface area contributed by atoms with Crippen molar-refractivity contribution >= 4 is 38.7 Å². The summed E-state index contributed by atoms with van der Waals surface area (Å²) in [6.07, 6.45) is 2.10. The number of hydrogen-bond acceptors (Lipinski definition) is 8. The molecule has 2 heterocycles. The molecule has 0 aliphatic carbocycles. The average molecular weight is 563 g/mol. The van der Waals surface area contributed by atoms with Gasteiger partial charge in [-0.3, -0.25) is 9.36 Å². The Hall–Kier alpha value is -4.09. The first-order valence-electron chi connectivity index (χ1n) is 12.1. The van der Waals surface area contributed by atoms with E-state index in [4.69, 9.17) is 9.47 Å². The van der Waals surface area contributed by atoms with Crippen molar-refractivity contribution in [2.75, 3.05) is 14.2 Å². The van der Waals surface area contributed by atoms with Crippen molar-refractivity contribution in [2.45, 2.75) is 28.6 Å². The second-order valence-corrected chi connectivity index (χ2v) is 11.5. The highest BCUT2D eigenvalue weighted by Crippen LogP contribution is 2.37. The third kappa shape index (κ3) is 4.90. The van der Waals surface area contributed by atoms with E-state index >= 15 is 0 Å². The van der Waals surface area contributed by atoms with Crippen LogP contribution in [0.4, 0.5) is 0 Å². The molecule has 39 heavy (non-hydrogen) atoms. The number of rotatable bonds is 9. The lowest BCUT2D eigenvalue weighted by Crippen LogP contribution is -2.18. The highest BCUT2D eigenvalue weighted by molar-refractivity contribution is 8.00. The molecule has 1 unspecified atom stereocenters. The highest BCUT2D eigenvalue weighted by Gasteiger charge is 2.27. The zero-order chi connectivity index (χ0) is 27.6. The van der Waals surface area contributed by atoms with E-state index in [1.165, 1.54) is 22.8 Å². The van der Waals surface area contributed by atoms with Gasteiger partial charge in [-0.1, -0.05) is 55.1 Å². The minimum atomic E-state index is -3.89. The Morgan fingerprint density at radius 2 is 1.64 bits per heavy atom. The zero-order valence-corrected chi connectivity index (χ0v) is 23.1. The van der Waals surface area contributed by atoms with Crippen LogP contribution in [-0.4, -0.2) is 52.6 Å². The van der Waals surface area contributed by atoms with E-state index in [9.17, 15) is 13.2 Å². The second-order valence-electron chi connectivity index (χ2n) is 8.55. The van der Waals surface area contributed by atoms with Gasteiger partial charge in [0.25, 0.3) is 10.0 Å². The molecule has 0 aliphatic heterocycles. The molecular weight excluding hydrogens is 536 g/mol. The number of esters is 1. The topological polar surface area (TPSA) is 105 Å². The zero-order valence-electron chi connectivity index (χ0n) is 21.5. The van der Waals surface area contributed by atoms with Crippen LogP contribution >= 0.6 is 11.8 Å². The predicted octanol–water partition coefficient (Wildman–Crippen LogP) is 5.18. The van der Waals surface area contributed by atoms with Crippen LogP contribution in [0.5, 0.6) is 5.75 Å². The van der Waals surface area contributed by atoms with Crippen LogP contribution in [0, 0.1) is 0 Å². The van der Waals surface area contributed by atoms with Gasteiger partial charge in [0.15, 0.2) is 11.0 Å². The SMILES string of the molecule is CCC(Sc1nnc(-c2cn(S(=O)(=O)c3ccccc3)c3ccccc23)n1-c1ccc(OC)cc1)C(=O)OC. The lowest BCUT2D eigenvalue weighted by molar-refractivity contribution is -0.140. The molecule has 2 aromatic heterocycles.